The average Bonchev–Trinajstić information content (AvgIpc) is 3.14. The lowest BCUT2D eigenvalue weighted by atomic mass is 9.90. The van der Waals surface area contributed by atoms with E-state index in [1.165, 1.54) is 24.8 Å². The van der Waals surface area contributed by atoms with Gasteiger partial charge in [-0.2, -0.15) is 0 Å². The fourth-order valence-electron chi connectivity index (χ4n) is 3.61. The minimum Gasteiger partial charge on any atom is -0.439 e. The molecule has 0 atom stereocenters. The Labute approximate surface area is 149 Å². The van der Waals surface area contributed by atoms with E-state index >= 15 is 0 Å². The predicted octanol–water partition coefficient (Wildman–Crippen LogP) is 4.80. The van der Waals surface area contributed by atoms with E-state index in [4.69, 9.17) is 4.42 Å². The summed E-state index contributed by atoms with van der Waals surface area (Å²) in [6.45, 7) is 3.06. The van der Waals surface area contributed by atoms with Crippen molar-refractivity contribution in [3.05, 3.63) is 78.3 Å². The number of nitrogens with zero attached hydrogens (tertiary/aromatic N) is 2. The van der Waals surface area contributed by atoms with Gasteiger partial charge in [0.2, 0.25) is 5.89 Å². The van der Waals surface area contributed by atoms with Crippen LogP contribution in [0.5, 0.6) is 0 Å². The van der Waals surface area contributed by atoms with Crippen LogP contribution in [0.4, 0.5) is 0 Å². The van der Waals surface area contributed by atoms with Crippen LogP contribution in [0.1, 0.15) is 24.3 Å². The molecule has 3 aromatic rings. The van der Waals surface area contributed by atoms with Gasteiger partial charge in [0, 0.05) is 5.56 Å². The number of aromatic nitrogens is 1. The van der Waals surface area contributed by atoms with Crippen LogP contribution in [-0.2, 0) is 13.0 Å². The lowest BCUT2D eigenvalue weighted by Crippen LogP contribution is -2.33. The quantitative estimate of drug-likeness (QED) is 0.672. The highest BCUT2D eigenvalue weighted by molar-refractivity contribution is 5.55. The number of piperidine rings is 1. The molecule has 0 aliphatic carbocycles. The van der Waals surface area contributed by atoms with Crippen molar-refractivity contribution in [1.29, 1.82) is 0 Å². The molecule has 128 valence electrons. The van der Waals surface area contributed by atoms with Crippen molar-refractivity contribution in [3.8, 4) is 11.3 Å². The highest BCUT2D eigenvalue weighted by atomic mass is 16.4. The predicted molar refractivity (Wildman–Crippen MR) is 100 cm³/mol. The Morgan fingerprint density at radius 2 is 1.60 bits per heavy atom. The van der Waals surface area contributed by atoms with Gasteiger partial charge in [-0.3, -0.25) is 4.90 Å². The first-order valence-corrected chi connectivity index (χ1v) is 9.13. The maximum Gasteiger partial charge on any atom is 0.209 e. The van der Waals surface area contributed by atoms with Gasteiger partial charge in [0.05, 0.1) is 12.7 Å². The number of benzene rings is 2. The molecule has 0 amide bonds. The number of hydrogen-bond acceptors (Lipinski definition) is 3. The van der Waals surface area contributed by atoms with Crippen molar-refractivity contribution >= 4 is 0 Å². The fraction of sp³-hybridized carbons (Fsp3) is 0.318. The molecular weight excluding hydrogens is 308 g/mol. The summed E-state index contributed by atoms with van der Waals surface area (Å²) in [7, 11) is 0. The highest BCUT2D eigenvalue weighted by Gasteiger charge is 2.21. The molecule has 0 unspecified atom stereocenters. The smallest absolute Gasteiger partial charge is 0.209 e. The number of oxazole rings is 1. The first-order valence-electron chi connectivity index (χ1n) is 9.13. The third-order valence-corrected chi connectivity index (χ3v) is 5.05. The minimum atomic E-state index is 0.795. The van der Waals surface area contributed by atoms with Gasteiger partial charge in [-0.25, -0.2) is 4.98 Å². The number of rotatable bonds is 5. The number of hydrogen-bond donors (Lipinski definition) is 0. The molecule has 1 fully saturated rings. The van der Waals surface area contributed by atoms with Crippen LogP contribution in [0.15, 0.2) is 71.3 Å². The normalized spacial score (nSPS) is 16.2. The zero-order chi connectivity index (χ0) is 16.9. The largest absolute Gasteiger partial charge is 0.439 e. The Kier molecular flexibility index (Phi) is 4.93. The Morgan fingerprint density at radius 3 is 2.32 bits per heavy atom. The summed E-state index contributed by atoms with van der Waals surface area (Å²) < 4.78 is 5.94. The molecule has 4 rings (SSSR count). The van der Waals surface area contributed by atoms with Crippen molar-refractivity contribution < 1.29 is 4.42 Å². The average molecular weight is 332 g/mol. The van der Waals surface area contributed by atoms with Crippen LogP contribution in [0, 0.1) is 5.92 Å². The van der Waals surface area contributed by atoms with Crippen molar-refractivity contribution in [2.75, 3.05) is 13.1 Å². The summed E-state index contributed by atoms with van der Waals surface area (Å²) in [4.78, 5) is 6.93. The van der Waals surface area contributed by atoms with Gasteiger partial charge in [0.1, 0.15) is 0 Å². The number of likely N-dealkylation sites (tertiary alicyclic amines) is 1. The van der Waals surface area contributed by atoms with Gasteiger partial charge in [-0.15, -0.1) is 0 Å². The molecule has 1 aromatic heterocycles. The van der Waals surface area contributed by atoms with Crippen molar-refractivity contribution in [2.45, 2.75) is 25.8 Å². The zero-order valence-electron chi connectivity index (χ0n) is 14.5. The van der Waals surface area contributed by atoms with E-state index in [1.807, 2.05) is 24.4 Å². The van der Waals surface area contributed by atoms with Crippen molar-refractivity contribution in [1.82, 2.24) is 9.88 Å². The van der Waals surface area contributed by atoms with Crippen molar-refractivity contribution in [2.24, 2.45) is 5.92 Å². The Morgan fingerprint density at radius 1 is 0.920 bits per heavy atom. The van der Waals surface area contributed by atoms with Crippen molar-refractivity contribution in [3.63, 3.8) is 0 Å². The van der Waals surface area contributed by atoms with Gasteiger partial charge in [0.15, 0.2) is 5.76 Å². The topological polar surface area (TPSA) is 29.3 Å². The third-order valence-electron chi connectivity index (χ3n) is 5.05. The Balaban J connectivity index is 1.30. The molecular formula is C22H24N2O. The molecule has 1 aliphatic rings. The van der Waals surface area contributed by atoms with Gasteiger partial charge in [0.25, 0.3) is 0 Å². The molecule has 2 aromatic carbocycles. The van der Waals surface area contributed by atoms with Crippen LogP contribution in [0.2, 0.25) is 0 Å². The second kappa shape index (κ2) is 7.66. The van der Waals surface area contributed by atoms with E-state index in [9.17, 15) is 0 Å². The first-order chi connectivity index (χ1) is 12.4. The summed E-state index contributed by atoms with van der Waals surface area (Å²) >= 11 is 0. The molecule has 0 radical (unpaired) electrons. The molecule has 0 saturated carbocycles. The van der Waals surface area contributed by atoms with Crippen LogP contribution in [-0.4, -0.2) is 23.0 Å². The highest BCUT2D eigenvalue weighted by Crippen LogP contribution is 2.24. The maximum atomic E-state index is 5.94. The molecule has 2 heterocycles. The third kappa shape index (κ3) is 4.18. The van der Waals surface area contributed by atoms with E-state index in [-0.39, 0.29) is 0 Å². The van der Waals surface area contributed by atoms with Crippen LogP contribution in [0.25, 0.3) is 11.3 Å². The van der Waals surface area contributed by atoms with Crippen LogP contribution in [0.3, 0.4) is 0 Å². The molecule has 3 heteroatoms. The lowest BCUT2D eigenvalue weighted by Gasteiger charge is -2.31. The maximum absolute atomic E-state index is 5.94. The fourth-order valence-corrected chi connectivity index (χ4v) is 3.61. The Hall–Kier alpha value is -2.39. The monoisotopic (exact) mass is 332 g/mol. The van der Waals surface area contributed by atoms with Gasteiger partial charge in [-0.1, -0.05) is 60.7 Å². The van der Waals surface area contributed by atoms with E-state index in [0.29, 0.717) is 0 Å². The van der Waals surface area contributed by atoms with E-state index in [1.54, 1.807) is 0 Å². The second-order valence-corrected chi connectivity index (χ2v) is 6.89. The molecule has 0 N–H and O–H groups in total. The summed E-state index contributed by atoms with van der Waals surface area (Å²) in [6.07, 6.45) is 5.54. The molecule has 1 aliphatic heterocycles. The Bertz CT molecular complexity index is 774. The SMILES string of the molecule is c1ccc(CC2CCN(Cc3ncc(-c4ccccc4)o3)CC2)cc1. The van der Waals surface area contributed by atoms with Gasteiger partial charge in [-0.05, 0) is 43.8 Å². The summed E-state index contributed by atoms with van der Waals surface area (Å²) in [5.74, 6) is 2.47. The van der Waals surface area contributed by atoms with Crippen LogP contribution < -0.4 is 0 Å². The molecule has 0 spiro atoms. The summed E-state index contributed by atoms with van der Waals surface area (Å²) in [5.41, 5.74) is 2.55. The van der Waals surface area contributed by atoms with E-state index in [0.717, 1.165) is 42.8 Å². The molecule has 3 nitrogen and oxygen atoms in total. The van der Waals surface area contributed by atoms with Crippen LogP contribution >= 0.6 is 0 Å². The molecule has 0 bridgehead atoms. The van der Waals surface area contributed by atoms with E-state index in [2.05, 4.69) is 52.3 Å². The standard InChI is InChI=1S/C22H24N2O/c1-3-7-18(8-4-1)15-19-11-13-24(14-12-19)17-22-23-16-21(25-22)20-9-5-2-6-10-20/h1-10,16,19H,11-15,17H2. The zero-order valence-corrected chi connectivity index (χ0v) is 14.5. The molecule has 1 saturated heterocycles. The minimum absolute atomic E-state index is 0.795. The van der Waals surface area contributed by atoms with E-state index < -0.39 is 0 Å². The first kappa shape index (κ1) is 16.1. The van der Waals surface area contributed by atoms with Gasteiger partial charge < -0.3 is 4.42 Å². The summed E-state index contributed by atoms with van der Waals surface area (Å²) in [6, 6.07) is 21.0. The molecule has 25 heavy (non-hydrogen) atoms. The summed E-state index contributed by atoms with van der Waals surface area (Å²) in [5, 5.41) is 0. The lowest BCUT2D eigenvalue weighted by molar-refractivity contribution is 0.164. The second-order valence-electron chi connectivity index (χ2n) is 6.89. The van der Waals surface area contributed by atoms with Gasteiger partial charge >= 0.3 is 0 Å².